The van der Waals surface area contributed by atoms with E-state index in [1.807, 2.05) is 31.2 Å². The SMILES string of the molecule is COc1cccc(NC2(C#N)CCOC(C)C2)c1. The van der Waals surface area contributed by atoms with Crippen molar-refractivity contribution in [3.05, 3.63) is 24.3 Å². The lowest BCUT2D eigenvalue weighted by Crippen LogP contribution is -2.45. The van der Waals surface area contributed by atoms with Crippen LogP contribution in [0.5, 0.6) is 5.75 Å². The Morgan fingerprint density at radius 3 is 3.06 bits per heavy atom. The largest absolute Gasteiger partial charge is 0.497 e. The van der Waals surface area contributed by atoms with Crippen LogP contribution in [0.2, 0.25) is 0 Å². The molecule has 4 heteroatoms. The molecule has 0 aliphatic carbocycles. The van der Waals surface area contributed by atoms with Gasteiger partial charge in [-0.15, -0.1) is 0 Å². The summed E-state index contributed by atoms with van der Waals surface area (Å²) in [6.07, 6.45) is 1.50. The second-order valence-electron chi connectivity index (χ2n) is 4.69. The van der Waals surface area contributed by atoms with E-state index in [9.17, 15) is 5.26 Å². The Hall–Kier alpha value is -1.73. The molecule has 0 radical (unpaired) electrons. The minimum atomic E-state index is -0.538. The van der Waals surface area contributed by atoms with Crippen molar-refractivity contribution in [2.45, 2.75) is 31.4 Å². The quantitative estimate of drug-likeness (QED) is 0.890. The first-order valence-corrected chi connectivity index (χ1v) is 6.12. The molecule has 1 aromatic carbocycles. The van der Waals surface area contributed by atoms with E-state index in [-0.39, 0.29) is 6.10 Å². The number of nitriles is 1. The normalized spacial score (nSPS) is 27.3. The molecule has 0 amide bonds. The summed E-state index contributed by atoms with van der Waals surface area (Å²) in [5.41, 5.74) is 0.370. The van der Waals surface area contributed by atoms with Gasteiger partial charge in [0.05, 0.1) is 25.9 Å². The lowest BCUT2D eigenvalue weighted by Gasteiger charge is -2.35. The zero-order chi connectivity index (χ0) is 13.0. The van der Waals surface area contributed by atoms with Crippen LogP contribution in [0, 0.1) is 11.3 Å². The zero-order valence-electron chi connectivity index (χ0n) is 10.8. The fourth-order valence-electron chi connectivity index (χ4n) is 2.31. The maximum Gasteiger partial charge on any atom is 0.130 e. The summed E-state index contributed by atoms with van der Waals surface area (Å²) in [6, 6.07) is 10.0. The van der Waals surface area contributed by atoms with Crippen molar-refractivity contribution in [2.75, 3.05) is 19.0 Å². The van der Waals surface area contributed by atoms with Crippen LogP contribution >= 0.6 is 0 Å². The molecule has 1 aliphatic heterocycles. The molecule has 1 aromatic rings. The van der Waals surface area contributed by atoms with Crippen molar-refractivity contribution in [1.29, 1.82) is 5.26 Å². The smallest absolute Gasteiger partial charge is 0.130 e. The first-order chi connectivity index (χ1) is 8.67. The van der Waals surface area contributed by atoms with Crippen molar-refractivity contribution in [3.63, 3.8) is 0 Å². The summed E-state index contributed by atoms with van der Waals surface area (Å²) in [7, 11) is 1.63. The van der Waals surface area contributed by atoms with Crippen LogP contribution in [-0.2, 0) is 4.74 Å². The van der Waals surface area contributed by atoms with E-state index in [0.29, 0.717) is 19.4 Å². The summed E-state index contributed by atoms with van der Waals surface area (Å²) in [5.74, 6) is 0.785. The Morgan fingerprint density at radius 1 is 1.56 bits per heavy atom. The summed E-state index contributed by atoms with van der Waals surface area (Å²) in [6.45, 7) is 2.62. The van der Waals surface area contributed by atoms with Gasteiger partial charge in [-0.05, 0) is 19.1 Å². The van der Waals surface area contributed by atoms with Gasteiger partial charge in [0.1, 0.15) is 11.3 Å². The Labute approximate surface area is 108 Å². The predicted molar refractivity (Wildman–Crippen MR) is 69.6 cm³/mol. The molecule has 2 rings (SSSR count). The van der Waals surface area contributed by atoms with Crippen LogP contribution < -0.4 is 10.1 Å². The molecule has 0 aromatic heterocycles. The monoisotopic (exact) mass is 246 g/mol. The van der Waals surface area contributed by atoms with E-state index in [1.54, 1.807) is 7.11 Å². The van der Waals surface area contributed by atoms with Crippen LogP contribution in [0.1, 0.15) is 19.8 Å². The van der Waals surface area contributed by atoms with Gasteiger partial charge in [-0.3, -0.25) is 0 Å². The summed E-state index contributed by atoms with van der Waals surface area (Å²) < 4.78 is 10.7. The molecular weight excluding hydrogens is 228 g/mol. The summed E-state index contributed by atoms with van der Waals surface area (Å²) in [4.78, 5) is 0. The van der Waals surface area contributed by atoms with Crippen molar-refractivity contribution in [2.24, 2.45) is 0 Å². The number of anilines is 1. The van der Waals surface area contributed by atoms with E-state index in [4.69, 9.17) is 9.47 Å². The lowest BCUT2D eigenvalue weighted by molar-refractivity contribution is 0.0103. The topological polar surface area (TPSA) is 54.3 Å². The molecule has 1 fully saturated rings. The summed E-state index contributed by atoms with van der Waals surface area (Å²) >= 11 is 0. The van der Waals surface area contributed by atoms with Crippen LogP contribution in [0.15, 0.2) is 24.3 Å². The molecule has 1 N–H and O–H groups in total. The Bertz CT molecular complexity index is 455. The van der Waals surface area contributed by atoms with Gasteiger partial charge in [0, 0.05) is 24.6 Å². The fraction of sp³-hybridized carbons (Fsp3) is 0.500. The lowest BCUT2D eigenvalue weighted by atomic mass is 9.88. The molecule has 1 heterocycles. The fourth-order valence-corrected chi connectivity index (χ4v) is 2.31. The highest BCUT2D eigenvalue weighted by atomic mass is 16.5. The minimum Gasteiger partial charge on any atom is -0.497 e. The Kier molecular flexibility index (Phi) is 3.73. The minimum absolute atomic E-state index is 0.108. The molecular formula is C14H18N2O2. The number of hydrogen-bond donors (Lipinski definition) is 1. The zero-order valence-corrected chi connectivity index (χ0v) is 10.8. The third kappa shape index (κ3) is 2.74. The van der Waals surface area contributed by atoms with E-state index in [2.05, 4.69) is 11.4 Å². The average molecular weight is 246 g/mol. The molecule has 4 nitrogen and oxygen atoms in total. The highest BCUT2D eigenvalue weighted by Gasteiger charge is 2.35. The molecule has 2 atom stereocenters. The van der Waals surface area contributed by atoms with Crippen molar-refractivity contribution in [3.8, 4) is 11.8 Å². The van der Waals surface area contributed by atoms with Gasteiger partial charge < -0.3 is 14.8 Å². The first-order valence-electron chi connectivity index (χ1n) is 6.12. The number of methoxy groups -OCH3 is 1. The van der Waals surface area contributed by atoms with Gasteiger partial charge in [-0.2, -0.15) is 5.26 Å². The van der Waals surface area contributed by atoms with Crippen molar-refractivity contribution in [1.82, 2.24) is 0 Å². The number of benzene rings is 1. The Morgan fingerprint density at radius 2 is 2.39 bits per heavy atom. The molecule has 96 valence electrons. The standard InChI is InChI=1S/C14H18N2O2/c1-11-9-14(10-15,6-7-18-11)16-12-4-3-5-13(8-12)17-2/h3-5,8,11,16H,6-7,9H2,1-2H3. The number of nitrogens with one attached hydrogen (secondary N) is 1. The van der Waals surface area contributed by atoms with E-state index in [0.717, 1.165) is 11.4 Å². The van der Waals surface area contributed by atoms with Crippen LogP contribution in [0.25, 0.3) is 0 Å². The van der Waals surface area contributed by atoms with Crippen molar-refractivity contribution < 1.29 is 9.47 Å². The van der Waals surface area contributed by atoms with Gasteiger partial charge >= 0.3 is 0 Å². The average Bonchev–Trinajstić information content (AvgIpc) is 2.39. The highest BCUT2D eigenvalue weighted by Crippen LogP contribution is 2.29. The van der Waals surface area contributed by atoms with Crippen LogP contribution in [0.3, 0.4) is 0 Å². The van der Waals surface area contributed by atoms with Gasteiger partial charge in [0.25, 0.3) is 0 Å². The molecule has 0 bridgehead atoms. The van der Waals surface area contributed by atoms with E-state index < -0.39 is 5.54 Å². The van der Waals surface area contributed by atoms with E-state index in [1.165, 1.54) is 0 Å². The molecule has 18 heavy (non-hydrogen) atoms. The highest BCUT2D eigenvalue weighted by molar-refractivity contribution is 5.51. The molecule has 0 saturated carbocycles. The number of rotatable bonds is 3. The third-order valence-electron chi connectivity index (χ3n) is 3.23. The van der Waals surface area contributed by atoms with Gasteiger partial charge in [-0.1, -0.05) is 6.07 Å². The van der Waals surface area contributed by atoms with Crippen LogP contribution in [-0.4, -0.2) is 25.4 Å². The molecule has 1 aliphatic rings. The molecule has 1 saturated heterocycles. The molecule has 2 unspecified atom stereocenters. The second kappa shape index (κ2) is 5.28. The molecule has 0 spiro atoms. The number of ether oxygens (including phenoxy) is 2. The number of hydrogen-bond acceptors (Lipinski definition) is 4. The second-order valence-corrected chi connectivity index (χ2v) is 4.69. The number of nitrogens with zero attached hydrogens (tertiary/aromatic N) is 1. The Balaban J connectivity index is 2.17. The van der Waals surface area contributed by atoms with Gasteiger partial charge in [0.2, 0.25) is 0 Å². The predicted octanol–water partition coefficient (Wildman–Crippen LogP) is 2.57. The van der Waals surface area contributed by atoms with Crippen LogP contribution in [0.4, 0.5) is 5.69 Å². The van der Waals surface area contributed by atoms with Gasteiger partial charge in [0.15, 0.2) is 0 Å². The first kappa shape index (κ1) is 12.7. The maximum absolute atomic E-state index is 9.45. The summed E-state index contributed by atoms with van der Waals surface area (Å²) in [5, 5.41) is 12.8. The van der Waals surface area contributed by atoms with Gasteiger partial charge in [-0.25, -0.2) is 0 Å². The third-order valence-corrected chi connectivity index (χ3v) is 3.23. The maximum atomic E-state index is 9.45. The van der Waals surface area contributed by atoms with E-state index >= 15 is 0 Å². The van der Waals surface area contributed by atoms with Crippen molar-refractivity contribution >= 4 is 5.69 Å².